The number of hydrogen-bond donors (Lipinski definition) is 3. The highest BCUT2D eigenvalue weighted by molar-refractivity contribution is 5.94. The van der Waals surface area contributed by atoms with Gasteiger partial charge in [-0.2, -0.15) is 0 Å². The van der Waals surface area contributed by atoms with Gasteiger partial charge in [-0.05, 0) is 68.4 Å². The predicted molar refractivity (Wildman–Crippen MR) is 127 cm³/mol. The van der Waals surface area contributed by atoms with E-state index in [2.05, 4.69) is 32.4 Å². The molecule has 0 aliphatic rings. The molecule has 0 saturated heterocycles. The Bertz CT molecular complexity index is 1400. The highest BCUT2D eigenvalue weighted by Crippen LogP contribution is 2.25. The first-order valence-electron chi connectivity index (χ1n) is 10.3. The van der Waals surface area contributed by atoms with Crippen LogP contribution in [0.15, 0.2) is 67.0 Å². The van der Waals surface area contributed by atoms with E-state index in [1.165, 1.54) is 0 Å². The molecule has 4 aromatic rings. The SMILES string of the molecule is CNC(C)C(=O)Nc1ccc(-c2cnc3ccccn23)c(C#Cc2ccc(C(N)=O)cc2)n1. The molecule has 0 spiro atoms. The van der Waals surface area contributed by atoms with Gasteiger partial charge in [-0.15, -0.1) is 0 Å². The van der Waals surface area contributed by atoms with Crippen molar-refractivity contribution in [2.24, 2.45) is 5.73 Å². The van der Waals surface area contributed by atoms with Gasteiger partial charge in [0.2, 0.25) is 11.8 Å². The molecule has 8 heteroatoms. The maximum atomic E-state index is 12.3. The number of benzene rings is 1. The summed E-state index contributed by atoms with van der Waals surface area (Å²) < 4.78 is 1.95. The number of primary amides is 1. The van der Waals surface area contributed by atoms with Crippen molar-refractivity contribution >= 4 is 23.3 Å². The summed E-state index contributed by atoms with van der Waals surface area (Å²) >= 11 is 0. The fourth-order valence-electron chi connectivity index (χ4n) is 3.18. The molecule has 0 aliphatic carbocycles. The van der Waals surface area contributed by atoms with Gasteiger partial charge >= 0.3 is 0 Å². The average molecular weight is 438 g/mol. The highest BCUT2D eigenvalue weighted by Gasteiger charge is 2.15. The normalized spacial score (nSPS) is 11.5. The smallest absolute Gasteiger partial charge is 0.248 e. The second-order valence-corrected chi connectivity index (χ2v) is 7.36. The van der Waals surface area contributed by atoms with Gasteiger partial charge in [-0.25, -0.2) is 9.97 Å². The summed E-state index contributed by atoms with van der Waals surface area (Å²) in [5, 5.41) is 5.71. The lowest BCUT2D eigenvalue weighted by molar-refractivity contribution is -0.117. The number of nitrogens with one attached hydrogen (secondary N) is 2. The number of carbonyl (C=O) groups is 2. The molecular weight excluding hydrogens is 416 g/mol. The minimum Gasteiger partial charge on any atom is -0.366 e. The molecule has 0 aliphatic heterocycles. The Morgan fingerprint density at radius 2 is 1.85 bits per heavy atom. The minimum absolute atomic E-state index is 0.200. The van der Waals surface area contributed by atoms with E-state index in [1.807, 2.05) is 34.9 Å². The molecule has 3 aromatic heterocycles. The number of amides is 2. The molecule has 3 heterocycles. The van der Waals surface area contributed by atoms with Crippen LogP contribution in [0.25, 0.3) is 16.9 Å². The molecule has 2 amide bonds. The number of anilines is 1. The van der Waals surface area contributed by atoms with Gasteiger partial charge in [0.15, 0.2) is 0 Å². The Labute approximate surface area is 190 Å². The van der Waals surface area contributed by atoms with Crippen LogP contribution in [0.5, 0.6) is 0 Å². The zero-order valence-electron chi connectivity index (χ0n) is 18.2. The number of pyridine rings is 2. The van der Waals surface area contributed by atoms with Gasteiger partial charge in [0.1, 0.15) is 17.2 Å². The van der Waals surface area contributed by atoms with Crippen LogP contribution in [0, 0.1) is 11.8 Å². The Hall–Kier alpha value is -4.48. The Morgan fingerprint density at radius 3 is 2.58 bits per heavy atom. The van der Waals surface area contributed by atoms with Crippen molar-refractivity contribution in [3.8, 4) is 23.1 Å². The van der Waals surface area contributed by atoms with Crippen molar-refractivity contribution in [1.82, 2.24) is 19.7 Å². The summed E-state index contributed by atoms with van der Waals surface area (Å²) in [6.07, 6.45) is 3.68. The largest absolute Gasteiger partial charge is 0.366 e. The van der Waals surface area contributed by atoms with Gasteiger partial charge in [0.25, 0.3) is 0 Å². The van der Waals surface area contributed by atoms with E-state index in [9.17, 15) is 9.59 Å². The molecule has 4 rings (SSSR count). The maximum absolute atomic E-state index is 12.3. The van der Waals surface area contributed by atoms with E-state index in [0.29, 0.717) is 22.6 Å². The lowest BCUT2D eigenvalue weighted by Gasteiger charge is -2.12. The van der Waals surface area contributed by atoms with E-state index >= 15 is 0 Å². The van der Waals surface area contributed by atoms with Gasteiger partial charge in [-0.1, -0.05) is 12.0 Å². The number of hydrogen-bond acceptors (Lipinski definition) is 5. The molecule has 8 nitrogen and oxygen atoms in total. The Morgan fingerprint density at radius 1 is 1.06 bits per heavy atom. The maximum Gasteiger partial charge on any atom is 0.248 e. The molecule has 4 N–H and O–H groups in total. The third-order valence-corrected chi connectivity index (χ3v) is 5.16. The number of nitrogens with zero attached hydrogens (tertiary/aromatic N) is 3. The van der Waals surface area contributed by atoms with E-state index in [-0.39, 0.29) is 11.9 Å². The predicted octanol–water partition coefficient (Wildman–Crippen LogP) is 2.44. The van der Waals surface area contributed by atoms with Crippen LogP contribution in [0.2, 0.25) is 0 Å². The second kappa shape index (κ2) is 9.34. The summed E-state index contributed by atoms with van der Waals surface area (Å²) in [5.41, 5.74) is 9.29. The number of likely N-dealkylation sites (N-methyl/N-ethyl adjacent to an activating group) is 1. The molecule has 1 aromatic carbocycles. The van der Waals surface area contributed by atoms with Gasteiger partial charge in [0.05, 0.1) is 17.9 Å². The molecule has 0 fully saturated rings. The third-order valence-electron chi connectivity index (χ3n) is 5.16. The number of fused-ring (bicyclic) bond motifs is 1. The fraction of sp³-hybridized carbons (Fsp3) is 0.120. The van der Waals surface area contributed by atoms with Gasteiger partial charge < -0.3 is 16.4 Å². The molecule has 0 radical (unpaired) electrons. The molecule has 164 valence electrons. The lowest BCUT2D eigenvalue weighted by Crippen LogP contribution is -2.35. The standard InChI is InChI=1S/C25H22N6O2/c1-16(27-2)25(33)30-22-13-11-19(21-15-28-23-5-3-4-14-31(21)23)20(29-22)12-8-17-6-9-18(10-7-17)24(26)32/h3-7,9-11,13-16,27H,1-2H3,(H2,26,32)(H,29,30,33). The summed E-state index contributed by atoms with van der Waals surface area (Å²) in [6.45, 7) is 1.76. The zero-order chi connectivity index (χ0) is 23.4. The molecular formula is C25H22N6O2. The van der Waals surface area contributed by atoms with Crippen LogP contribution in [0.4, 0.5) is 5.82 Å². The van der Waals surface area contributed by atoms with Gasteiger partial charge in [-0.3, -0.25) is 14.0 Å². The number of carbonyl (C=O) groups excluding carboxylic acids is 2. The van der Waals surface area contributed by atoms with Crippen molar-refractivity contribution in [3.05, 3.63) is 83.8 Å². The van der Waals surface area contributed by atoms with Crippen LogP contribution in [-0.4, -0.2) is 39.3 Å². The summed E-state index contributed by atoms with van der Waals surface area (Å²) in [5.74, 6) is 5.88. The minimum atomic E-state index is -0.495. The molecule has 33 heavy (non-hydrogen) atoms. The fourth-order valence-corrected chi connectivity index (χ4v) is 3.18. The first kappa shape index (κ1) is 21.7. The van der Waals surface area contributed by atoms with Crippen LogP contribution in [-0.2, 0) is 4.79 Å². The zero-order valence-corrected chi connectivity index (χ0v) is 18.2. The van der Waals surface area contributed by atoms with E-state index < -0.39 is 5.91 Å². The number of nitrogens with two attached hydrogens (primary N) is 1. The molecule has 1 atom stereocenters. The number of rotatable bonds is 5. The van der Waals surface area contributed by atoms with Crippen LogP contribution in [0.1, 0.15) is 28.5 Å². The van der Waals surface area contributed by atoms with Crippen molar-refractivity contribution in [2.75, 3.05) is 12.4 Å². The average Bonchev–Trinajstić information content (AvgIpc) is 3.26. The summed E-state index contributed by atoms with van der Waals surface area (Å²) in [4.78, 5) is 32.7. The highest BCUT2D eigenvalue weighted by atomic mass is 16.2. The van der Waals surface area contributed by atoms with Crippen LogP contribution in [0.3, 0.4) is 0 Å². The van der Waals surface area contributed by atoms with E-state index in [0.717, 1.165) is 16.9 Å². The first-order chi connectivity index (χ1) is 16.0. The molecule has 0 saturated carbocycles. The van der Waals surface area contributed by atoms with Crippen LogP contribution >= 0.6 is 0 Å². The topological polar surface area (TPSA) is 114 Å². The van der Waals surface area contributed by atoms with E-state index in [4.69, 9.17) is 5.73 Å². The number of imidazole rings is 1. The molecule has 0 bridgehead atoms. The monoisotopic (exact) mass is 438 g/mol. The quantitative estimate of drug-likeness (QED) is 0.414. The van der Waals surface area contributed by atoms with E-state index in [1.54, 1.807) is 50.5 Å². The Kier molecular flexibility index (Phi) is 6.15. The van der Waals surface area contributed by atoms with Gasteiger partial charge in [0, 0.05) is 22.9 Å². The van der Waals surface area contributed by atoms with Crippen molar-refractivity contribution in [2.45, 2.75) is 13.0 Å². The van der Waals surface area contributed by atoms with Crippen LogP contribution < -0.4 is 16.4 Å². The van der Waals surface area contributed by atoms with Crippen molar-refractivity contribution in [1.29, 1.82) is 0 Å². The Balaban J connectivity index is 1.77. The third kappa shape index (κ3) is 4.74. The molecule has 1 unspecified atom stereocenters. The van der Waals surface area contributed by atoms with Crippen molar-refractivity contribution in [3.63, 3.8) is 0 Å². The summed E-state index contributed by atoms with van der Waals surface area (Å²) in [6, 6.07) is 15.7. The second-order valence-electron chi connectivity index (χ2n) is 7.36. The lowest BCUT2D eigenvalue weighted by atomic mass is 10.1. The number of aromatic nitrogens is 3. The first-order valence-corrected chi connectivity index (χ1v) is 10.3. The van der Waals surface area contributed by atoms with Crippen molar-refractivity contribution < 1.29 is 9.59 Å². The summed E-state index contributed by atoms with van der Waals surface area (Å²) in [7, 11) is 1.71.